The number of aliphatic hydroxyl groups is 1. The molecule has 11 nitrogen and oxygen atoms in total. The van der Waals surface area contributed by atoms with Crippen LogP contribution in [0, 0.1) is 0 Å². The van der Waals surface area contributed by atoms with Crippen molar-refractivity contribution >= 4 is 122 Å². The second-order valence-electron chi connectivity index (χ2n) is 8.56. The minimum absolute atomic E-state index is 0.0572. The topological polar surface area (TPSA) is 149 Å². The molecule has 0 spiro atoms. The average molecular weight is 733 g/mol. The minimum Gasteiger partial charge on any atom is -0.461 e. The fraction of sp³-hybridized carbons (Fsp3) is 0.500. The Hall–Kier alpha value is -1.16. The number of carbonyl (C=O) groups excluding carboxylic acids is 5. The van der Waals surface area contributed by atoms with Crippen molar-refractivity contribution in [2.45, 2.75) is 37.9 Å². The van der Waals surface area contributed by atoms with E-state index in [-0.39, 0.29) is 23.4 Å². The molecule has 1 fully saturated rings. The third-order valence-corrected chi connectivity index (χ3v) is 8.44. The van der Waals surface area contributed by atoms with Gasteiger partial charge in [0.15, 0.2) is 11.6 Å². The molecule has 0 bridgehead atoms. The molecule has 1 aromatic heterocycles. The standard InChI is InChI=1S/C22H20Cl6N2O9S2/c1-10(31)37-6-11-7-41-19-22(15(33)17(35)39-9-21(26,27)28,29-13(32)5-12-3-2-4-40-12)18(36)30(19)14(11)16(34)38-8-20(23,24)25/h2-4,15,19,33H,5-9H2,1H3,(H,29,32)/t15?,19-,22?/m1/s1. The summed E-state index contributed by atoms with van der Waals surface area (Å²) in [4.78, 5) is 65.8. The molecule has 2 aliphatic heterocycles. The molecule has 226 valence electrons. The van der Waals surface area contributed by atoms with E-state index in [0.717, 1.165) is 23.6 Å². The number of amides is 2. The number of ether oxygens (including phenoxy) is 3. The lowest BCUT2D eigenvalue weighted by Gasteiger charge is -2.58. The molecule has 0 aromatic carbocycles. The van der Waals surface area contributed by atoms with Gasteiger partial charge in [-0.2, -0.15) is 0 Å². The number of nitrogens with zero attached hydrogens (tertiary/aromatic N) is 1. The molecule has 0 saturated carbocycles. The van der Waals surface area contributed by atoms with Crippen LogP contribution in [0.3, 0.4) is 0 Å². The summed E-state index contributed by atoms with van der Waals surface area (Å²) in [6.07, 6.45) is -2.48. The number of fused-ring (bicyclic) bond motifs is 1. The summed E-state index contributed by atoms with van der Waals surface area (Å²) in [5.41, 5.74) is -2.53. The van der Waals surface area contributed by atoms with Crippen molar-refractivity contribution < 1.29 is 43.3 Å². The Morgan fingerprint density at radius 2 is 1.76 bits per heavy atom. The monoisotopic (exact) mass is 730 g/mol. The van der Waals surface area contributed by atoms with Crippen molar-refractivity contribution in [2.75, 3.05) is 25.6 Å². The van der Waals surface area contributed by atoms with E-state index in [1.807, 2.05) is 0 Å². The largest absolute Gasteiger partial charge is 0.461 e. The lowest BCUT2D eigenvalue weighted by atomic mass is 9.80. The fourth-order valence-electron chi connectivity index (χ4n) is 3.85. The SMILES string of the molecule is CC(=O)OCC1=C(C(=O)OCC(Cl)(Cl)Cl)N2C(=O)C(NC(=O)Cc3cccs3)(C(O)C(=O)OCC(Cl)(Cl)Cl)[C@H]2SC1. The van der Waals surface area contributed by atoms with Gasteiger partial charge in [-0.25, -0.2) is 9.59 Å². The molecule has 1 saturated heterocycles. The Balaban J connectivity index is 1.99. The molecule has 0 aliphatic carbocycles. The summed E-state index contributed by atoms with van der Waals surface area (Å²) in [5.74, 6) is -5.02. The van der Waals surface area contributed by atoms with E-state index < -0.39 is 74.1 Å². The smallest absolute Gasteiger partial charge is 0.355 e. The zero-order chi connectivity index (χ0) is 30.8. The van der Waals surface area contributed by atoms with Crippen molar-refractivity contribution in [3.63, 3.8) is 0 Å². The van der Waals surface area contributed by atoms with Crippen LogP contribution < -0.4 is 5.32 Å². The Morgan fingerprint density at radius 1 is 1.12 bits per heavy atom. The van der Waals surface area contributed by atoms with E-state index in [9.17, 15) is 29.1 Å². The van der Waals surface area contributed by atoms with Gasteiger partial charge in [-0.1, -0.05) is 75.7 Å². The summed E-state index contributed by atoms with van der Waals surface area (Å²) in [6, 6.07) is 3.39. The molecule has 2 unspecified atom stereocenters. The van der Waals surface area contributed by atoms with Crippen LogP contribution in [0.5, 0.6) is 0 Å². The second kappa shape index (κ2) is 13.6. The van der Waals surface area contributed by atoms with Gasteiger partial charge in [-0.15, -0.1) is 23.1 Å². The third kappa shape index (κ3) is 8.48. The minimum atomic E-state index is -2.31. The summed E-state index contributed by atoms with van der Waals surface area (Å²) < 4.78 is 10.9. The zero-order valence-corrected chi connectivity index (χ0v) is 26.8. The fourth-order valence-corrected chi connectivity index (χ4v) is 6.36. The number of rotatable bonds is 10. The Morgan fingerprint density at radius 3 is 2.32 bits per heavy atom. The van der Waals surface area contributed by atoms with Gasteiger partial charge in [0.1, 0.15) is 30.9 Å². The van der Waals surface area contributed by atoms with Crippen LogP contribution in [0.25, 0.3) is 0 Å². The molecule has 3 rings (SSSR count). The normalized spacial score (nSPS) is 21.4. The maximum Gasteiger partial charge on any atom is 0.355 e. The Kier molecular flexibility index (Phi) is 11.4. The zero-order valence-electron chi connectivity index (χ0n) is 20.7. The van der Waals surface area contributed by atoms with Crippen LogP contribution in [0.1, 0.15) is 11.8 Å². The molecular weight excluding hydrogens is 713 g/mol. The van der Waals surface area contributed by atoms with Crippen molar-refractivity contribution in [1.29, 1.82) is 0 Å². The molecular formula is C22H20Cl6N2O9S2. The highest BCUT2D eigenvalue weighted by Gasteiger charge is 2.71. The van der Waals surface area contributed by atoms with E-state index in [1.54, 1.807) is 17.5 Å². The van der Waals surface area contributed by atoms with Crippen LogP contribution in [0.15, 0.2) is 28.8 Å². The summed E-state index contributed by atoms with van der Waals surface area (Å²) in [5, 5.41) is 14.1. The number of β-lactam (4-membered cyclic amide) rings is 1. The Labute approximate surface area is 271 Å². The molecule has 2 N–H and O–H groups in total. The van der Waals surface area contributed by atoms with Gasteiger partial charge in [0.2, 0.25) is 13.5 Å². The van der Waals surface area contributed by atoms with Gasteiger partial charge in [0.25, 0.3) is 5.91 Å². The van der Waals surface area contributed by atoms with Gasteiger partial charge in [-0.05, 0) is 11.4 Å². The maximum absolute atomic E-state index is 13.8. The molecule has 3 heterocycles. The van der Waals surface area contributed by atoms with Crippen LogP contribution in [0.4, 0.5) is 0 Å². The van der Waals surface area contributed by atoms with Gasteiger partial charge in [0.05, 0.1) is 6.42 Å². The Bertz CT molecular complexity index is 1230. The first kappa shape index (κ1) is 34.3. The number of esters is 3. The molecule has 2 amide bonds. The van der Waals surface area contributed by atoms with E-state index in [2.05, 4.69) is 5.32 Å². The number of thiophene rings is 1. The number of nitrogens with one attached hydrogen (secondary N) is 1. The first-order valence-electron chi connectivity index (χ1n) is 11.3. The summed E-state index contributed by atoms with van der Waals surface area (Å²) in [7, 11) is 0. The van der Waals surface area contributed by atoms with Crippen LogP contribution in [-0.4, -0.2) is 89.9 Å². The molecule has 19 heteroatoms. The molecule has 1 aromatic rings. The van der Waals surface area contributed by atoms with Crippen LogP contribution in [0.2, 0.25) is 0 Å². The van der Waals surface area contributed by atoms with E-state index >= 15 is 0 Å². The van der Waals surface area contributed by atoms with Gasteiger partial charge < -0.3 is 24.6 Å². The highest BCUT2D eigenvalue weighted by atomic mass is 35.6. The van der Waals surface area contributed by atoms with E-state index in [0.29, 0.717) is 4.88 Å². The first-order chi connectivity index (χ1) is 19.0. The molecule has 41 heavy (non-hydrogen) atoms. The average Bonchev–Trinajstić information content (AvgIpc) is 3.38. The van der Waals surface area contributed by atoms with Crippen molar-refractivity contribution in [1.82, 2.24) is 10.2 Å². The quantitative estimate of drug-likeness (QED) is 0.159. The van der Waals surface area contributed by atoms with Crippen LogP contribution >= 0.6 is 92.7 Å². The molecule has 2 aliphatic rings. The number of alkyl halides is 6. The summed E-state index contributed by atoms with van der Waals surface area (Å²) in [6.45, 7) is -0.732. The number of halogens is 6. The van der Waals surface area contributed by atoms with Gasteiger partial charge in [0, 0.05) is 23.1 Å². The number of hydrogen-bond donors (Lipinski definition) is 2. The predicted molar refractivity (Wildman–Crippen MR) is 154 cm³/mol. The number of carbonyl (C=O) groups is 5. The second-order valence-corrected chi connectivity index (χ2v) is 15.7. The van der Waals surface area contributed by atoms with Gasteiger partial charge in [-0.3, -0.25) is 19.3 Å². The molecule has 0 radical (unpaired) electrons. The lowest BCUT2D eigenvalue weighted by Crippen LogP contribution is -2.85. The predicted octanol–water partition coefficient (Wildman–Crippen LogP) is 3.07. The lowest BCUT2D eigenvalue weighted by molar-refractivity contribution is -0.180. The van der Waals surface area contributed by atoms with Crippen molar-refractivity contribution in [3.05, 3.63) is 33.7 Å². The van der Waals surface area contributed by atoms with Gasteiger partial charge >= 0.3 is 17.9 Å². The third-order valence-electron chi connectivity index (χ3n) is 5.49. The van der Waals surface area contributed by atoms with Crippen LogP contribution in [-0.2, 0) is 44.6 Å². The van der Waals surface area contributed by atoms with Crippen molar-refractivity contribution in [3.8, 4) is 0 Å². The summed E-state index contributed by atoms with van der Waals surface area (Å²) >= 11 is 36.2. The van der Waals surface area contributed by atoms with E-state index in [1.165, 1.54) is 11.3 Å². The first-order valence-corrected chi connectivity index (χ1v) is 15.4. The highest BCUT2D eigenvalue weighted by molar-refractivity contribution is 8.00. The number of thioether (sulfide) groups is 1. The number of aliphatic hydroxyl groups excluding tert-OH is 1. The number of hydrogen-bond acceptors (Lipinski definition) is 11. The van der Waals surface area contributed by atoms with Crippen molar-refractivity contribution in [2.24, 2.45) is 0 Å². The van der Waals surface area contributed by atoms with E-state index in [4.69, 9.17) is 83.8 Å². The molecule has 3 atom stereocenters. The highest BCUT2D eigenvalue weighted by Crippen LogP contribution is 2.48. The maximum atomic E-state index is 13.8.